The third-order valence-corrected chi connectivity index (χ3v) is 4.39. The Morgan fingerprint density at radius 3 is 2.14 bits per heavy atom. The minimum atomic E-state index is -0.325. The zero-order chi connectivity index (χ0) is 16.9. The van der Waals surface area contributed by atoms with Gasteiger partial charge in [0.1, 0.15) is 6.10 Å². The van der Waals surface area contributed by atoms with E-state index in [0.717, 1.165) is 0 Å². The lowest BCUT2D eigenvalue weighted by Crippen LogP contribution is -2.28. The van der Waals surface area contributed by atoms with Crippen LogP contribution in [0, 0.1) is 23.7 Å². The molecule has 0 radical (unpaired) electrons. The molecule has 6 heteroatoms. The van der Waals surface area contributed by atoms with Crippen LogP contribution >= 0.6 is 0 Å². The zero-order valence-electron chi connectivity index (χ0n) is 14.0. The van der Waals surface area contributed by atoms with Crippen LogP contribution in [-0.2, 0) is 28.6 Å². The minimum absolute atomic E-state index is 0.0822. The van der Waals surface area contributed by atoms with E-state index < -0.39 is 0 Å². The molecule has 0 aromatic heterocycles. The van der Waals surface area contributed by atoms with E-state index >= 15 is 0 Å². The number of hydrogen-bond acceptors (Lipinski definition) is 6. The van der Waals surface area contributed by atoms with Crippen molar-refractivity contribution in [2.45, 2.75) is 47.1 Å². The molecule has 0 bridgehead atoms. The predicted octanol–water partition coefficient (Wildman–Crippen LogP) is 1.95. The van der Waals surface area contributed by atoms with Crippen LogP contribution in [0.2, 0.25) is 0 Å². The van der Waals surface area contributed by atoms with Crippen LogP contribution in [0.4, 0.5) is 0 Å². The molecular formula is C16H26O6. The van der Waals surface area contributed by atoms with Crippen LogP contribution in [0.25, 0.3) is 0 Å². The Balaban J connectivity index is 2.77. The molecule has 0 aromatic carbocycles. The molecule has 0 aliphatic heterocycles. The summed E-state index contributed by atoms with van der Waals surface area (Å²) in [5, 5.41) is 0. The van der Waals surface area contributed by atoms with Crippen LogP contribution in [0.1, 0.15) is 41.0 Å². The molecule has 0 saturated heterocycles. The van der Waals surface area contributed by atoms with Gasteiger partial charge in [0, 0.05) is 26.7 Å². The van der Waals surface area contributed by atoms with Gasteiger partial charge < -0.3 is 14.2 Å². The molecule has 0 amide bonds. The smallest absolute Gasteiger partial charge is 0.302 e. The largest absolute Gasteiger partial charge is 0.466 e. The average molecular weight is 314 g/mol. The Kier molecular flexibility index (Phi) is 6.84. The van der Waals surface area contributed by atoms with Gasteiger partial charge in [0.25, 0.3) is 0 Å². The molecule has 5 atom stereocenters. The maximum atomic E-state index is 11.2. The molecule has 1 rings (SSSR count). The standard InChI is InChI=1S/C16H26O6/c1-9(7-20-11(3)17)14-6-16(22-13(5)19)10(2)15(14)8-21-12(4)18/h9-10,14-16H,6-8H2,1-5H3. The van der Waals surface area contributed by atoms with Gasteiger partial charge in [-0.2, -0.15) is 0 Å². The first-order chi connectivity index (χ1) is 10.2. The molecule has 0 spiro atoms. The van der Waals surface area contributed by atoms with Crippen molar-refractivity contribution in [2.24, 2.45) is 23.7 Å². The van der Waals surface area contributed by atoms with Gasteiger partial charge in [-0.1, -0.05) is 13.8 Å². The molecule has 1 saturated carbocycles. The van der Waals surface area contributed by atoms with Crippen molar-refractivity contribution in [3.8, 4) is 0 Å². The van der Waals surface area contributed by atoms with Crippen LogP contribution in [0.15, 0.2) is 0 Å². The third-order valence-electron chi connectivity index (χ3n) is 4.39. The predicted molar refractivity (Wildman–Crippen MR) is 78.7 cm³/mol. The fourth-order valence-corrected chi connectivity index (χ4v) is 3.21. The summed E-state index contributed by atoms with van der Waals surface area (Å²) in [6.07, 6.45) is 0.498. The molecule has 0 aromatic rings. The topological polar surface area (TPSA) is 78.9 Å². The zero-order valence-corrected chi connectivity index (χ0v) is 14.0. The van der Waals surface area contributed by atoms with E-state index in [2.05, 4.69) is 0 Å². The maximum Gasteiger partial charge on any atom is 0.302 e. The van der Waals surface area contributed by atoms with Crippen molar-refractivity contribution in [1.82, 2.24) is 0 Å². The lowest BCUT2D eigenvalue weighted by molar-refractivity contribution is -0.149. The van der Waals surface area contributed by atoms with Crippen LogP contribution in [0.3, 0.4) is 0 Å². The molecule has 5 unspecified atom stereocenters. The molecule has 1 aliphatic carbocycles. The number of carbonyl (C=O) groups excluding carboxylic acids is 3. The normalized spacial score (nSPS) is 28.8. The molecule has 6 nitrogen and oxygen atoms in total. The molecule has 1 fully saturated rings. The minimum Gasteiger partial charge on any atom is -0.466 e. The first-order valence-corrected chi connectivity index (χ1v) is 7.66. The number of ether oxygens (including phenoxy) is 3. The van der Waals surface area contributed by atoms with Gasteiger partial charge in [0.15, 0.2) is 0 Å². The Hall–Kier alpha value is -1.59. The SMILES string of the molecule is CC(=O)OCC(C)C1CC(OC(C)=O)C(C)C1COC(C)=O. The van der Waals surface area contributed by atoms with Crippen molar-refractivity contribution in [2.75, 3.05) is 13.2 Å². The highest BCUT2D eigenvalue weighted by Crippen LogP contribution is 2.43. The fourth-order valence-electron chi connectivity index (χ4n) is 3.21. The molecule has 22 heavy (non-hydrogen) atoms. The average Bonchev–Trinajstić information content (AvgIpc) is 2.70. The lowest BCUT2D eigenvalue weighted by atomic mass is 9.83. The maximum absolute atomic E-state index is 11.2. The lowest BCUT2D eigenvalue weighted by Gasteiger charge is -2.26. The number of esters is 3. The molecule has 126 valence electrons. The van der Waals surface area contributed by atoms with E-state index in [9.17, 15) is 14.4 Å². The van der Waals surface area contributed by atoms with E-state index in [0.29, 0.717) is 19.6 Å². The van der Waals surface area contributed by atoms with Crippen molar-refractivity contribution in [1.29, 1.82) is 0 Å². The summed E-state index contributed by atoms with van der Waals surface area (Å²) in [7, 11) is 0. The third kappa shape index (κ3) is 5.31. The summed E-state index contributed by atoms with van der Waals surface area (Å²) in [6.45, 7) is 8.75. The highest BCUT2D eigenvalue weighted by molar-refractivity contribution is 5.66. The van der Waals surface area contributed by atoms with Crippen LogP contribution in [0.5, 0.6) is 0 Å². The highest BCUT2D eigenvalue weighted by atomic mass is 16.5. The summed E-state index contributed by atoms with van der Waals surface area (Å²) in [6, 6.07) is 0. The number of carbonyl (C=O) groups is 3. The summed E-state index contributed by atoms with van der Waals surface area (Å²) >= 11 is 0. The van der Waals surface area contributed by atoms with Gasteiger partial charge >= 0.3 is 17.9 Å². The molecule has 0 heterocycles. The second-order valence-electron chi connectivity index (χ2n) is 6.15. The van der Waals surface area contributed by atoms with Gasteiger partial charge in [-0.15, -0.1) is 0 Å². The van der Waals surface area contributed by atoms with E-state index in [-0.39, 0.29) is 47.7 Å². The van der Waals surface area contributed by atoms with Gasteiger partial charge in [-0.05, 0) is 24.2 Å². The number of hydrogen-bond donors (Lipinski definition) is 0. The summed E-state index contributed by atoms with van der Waals surface area (Å²) in [5.74, 6) is -0.505. The fraction of sp³-hybridized carbons (Fsp3) is 0.812. The van der Waals surface area contributed by atoms with Crippen molar-refractivity contribution in [3.05, 3.63) is 0 Å². The van der Waals surface area contributed by atoms with E-state index in [1.807, 2.05) is 13.8 Å². The number of rotatable bonds is 6. The Morgan fingerprint density at radius 1 is 1.05 bits per heavy atom. The molecule has 1 aliphatic rings. The van der Waals surface area contributed by atoms with Gasteiger partial charge in [-0.3, -0.25) is 14.4 Å². The van der Waals surface area contributed by atoms with Crippen molar-refractivity contribution < 1.29 is 28.6 Å². The van der Waals surface area contributed by atoms with Crippen molar-refractivity contribution >= 4 is 17.9 Å². The second-order valence-corrected chi connectivity index (χ2v) is 6.15. The Labute approximate surface area is 131 Å². The van der Waals surface area contributed by atoms with Crippen LogP contribution in [-0.4, -0.2) is 37.2 Å². The second kappa shape index (κ2) is 8.15. The first-order valence-electron chi connectivity index (χ1n) is 7.66. The molecule has 0 N–H and O–H groups in total. The quantitative estimate of drug-likeness (QED) is 0.551. The Morgan fingerprint density at radius 2 is 1.64 bits per heavy atom. The summed E-state index contributed by atoms with van der Waals surface area (Å²) in [5.41, 5.74) is 0. The molecular weight excluding hydrogens is 288 g/mol. The first kappa shape index (κ1) is 18.5. The summed E-state index contributed by atoms with van der Waals surface area (Å²) in [4.78, 5) is 33.3. The van der Waals surface area contributed by atoms with Gasteiger partial charge in [0.05, 0.1) is 13.2 Å². The van der Waals surface area contributed by atoms with Gasteiger partial charge in [0.2, 0.25) is 0 Å². The van der Waals surface area contributed by atoms with Crippen LogP contribution < -0.4 is 0 Å². The van der Waals surface area contributed by atoms with E-state index in [4.69, 9.17) is 14.2 Å². The summed E-state index contributed by atoms with van der Waals surface area (Å²) < 4.78 is 15.6. The Bertz CT molecular complexity index is 419. The van der Waals surface area contributed by atoms with Crippen molar-refractivity contribution in [3.63, 3.8) is 0 Å². The highest BCUT2D eigenvalue weighted by Gasteiger charge is 2.45. The monoisotopic (exact) mass is 314 g/mol. The van der Waals surface area contributed by atoms with E-state index in [1.165, 1.54) is 20.8 Å². The van der Waals surface area contributed by atoms with E-state index in [1.54, 1.807) is 0 Å². The van der Waals surface area contributed by atoms with Gasteiger partial charge in [-0.25, -0.2) is 0 Å².